The topological polar surface area (TPSA) is 32.3 Å². The van der Waals surface area contributed by atoms with Crippen LogP contribution in [0.5, 0.6) is 0 Å². The largest absolute Gasteiger partial charge is 0.336 e. The van der Waals surface area contributed by atoms with Crippen LogP contribution in [0.3, 0.4) is 0 Å². The van der Waals surface area contributed by atoms with E-state index in [1.807, 2.05) is 18.2 Å². The highest BCUT2D eigenvalue weighted by atomic mass is 35.5. The molecule has 124 valence electrons. The molecule has 0 bridgehead atoms. The zero-order valence-corrected chi connectivity index (χ0v) is 14.6. The Hall–Kier alpha value is -1.06. The molecule has 1 aromatic carbocycles. The van der Waals surface area contributed by atoms with Gasteiger partial charge in [-0.2, -0.15) is 0 Å². The number of amides is 1. The van der Waals surface area contributed by atoms with Gasteiger partial charge in [0.2, 0.25) is 5.91 Å². The molecule has 1 aromatic rings. The number of hydrogen-bond acceptors (Lipinski definition) is 2. The molecule has 22 heavy (non-hydrogen) atoms. The molecule has 0 aliphatic carbocycles. The van der Waals surface area contributed by atoms with Crippen LogP contribution in [0, 0.1) is 5.92 Å². The molecule has 1 N–H and O–H groups in total. The van der Waals surface area contributed by atoms with Crippen LogP contribution in [0.2, 0.25) is 0 Å². The van der Waals surface area contributed by atoms with Crippen molar-refractivity contribution in [2.45, 2.75) is 52.1 Å². The standard InChI is InChI=1S/C18H28N2O.ClH/c1-3-15(2)20(14-17-7-5-4-6-8-17)18(21)10-9-16-11-12-19-13-16;/h4-8,15-16,19H,3,9-14H2,1-2H3;1H. The van der Waals surface area contributed by atoms with Crippen LogP contribution in [0.4, 0.5) is 0 Å². The van der Waals surface area contributed by atoms with Gasteiger partial charge in [-0.1, -0.05) is 37.3 Å². The van der Waals surface area contributed by atoms with Gasteiger partial charge in [-0.15, -0.1) is 12.4 Å². The summed E-state index contributed by atoms with van der Waals surface area (Å²) >= 11 is 0. The number of nitrogens with zero attached hydrogens (tertiary/aromatic N) is 1. The Balaban J connectivity index is 0.00000242. The molecule has 1 amide bonds. The summed E-state index contributed by atoms with van der Waals surface area (Å²) in [6, 6.07) is 10.6. The van der Waals surface area contributed by atoms with Crippen molar-refractivity contribution in [2.75, 3.05) is 13.1 Å². The molecule has 2 unspecified atom stereocenters. The number of rotatable bonds is 7. The summed E-state index contributed by atoms with van der Waals surface area (Å²) in [5, 5.41) is 3.37. The van der Waals surface area contributed by atoms with E-state index in [0.717, 1.165) is 32.5 Å². The van der Waals surface area contributed by atoms with Crippen molar-refractivity contribution in [3.63, 3.8) is 0 Å². The lowest BCUT2D eigenvalue weighted by Gasteiger charge is -2.29. The summed E-state index contributed by atoms with van der Waals surface area (Å²) in [6.45, 7) is 7.22. The van der Waals surface area contributed by atoms with Gasteiger partial charge in [0, 0.05) is 19.0 Å². The lowest BCUT2D eigenvalue weighted by Crippen LogP contribution is -2.37. The lowest BCUT2D eigenvalue weighted by atomic mass is 10.0. The third-order valence-electron chi connectivity index (χ3n) is 4.57. The minimum Gasteiger partial charge on any atom is -0.336 e. The minimum absolute atomic E-state index is 0. The molecule has 2 atom stereocenters. The maximum Gasteiger partial charge on any atom is 0.223 e. The zero-order valence-electron chi connectivity index (χ0n) is 13.8. The van der Waals surface area contributed by atoms with E-state index >= 15 is 0 Å². The normalized spacial score (nSPS) is 18.5. The number of carbonyl (C=O) groups is 1. The van der Waals surface area contributed by atoms with Gasteiger partial charge in [0.05, 0.1) is 0 Å². The molecule has 1 heterocycles. The van der Waals surface area contributed by atoms with Gasteiger partial charge in [0.15, 0.2) is 0 Å². The fraction of sp³-hybridized carbons (Fsp3) is 0.611. The van der Waals surface area contributed by atoms with Crippen LogP contribution in [-0.4, -0.2) is 29.9 Å². The van der Waals surface area contributed by atoms with Crippen molar-refractivity contribution >= 4 is 18.3 Å². The first-order valence-electron chi connectivity index (χ1n) is 8.24. The fourth-order valence-corrected chi connectivity index (χ4v) is 2.92. The zero-order chi connectivity index (χ0) is 15.1. The average Bonchev–Trinajstić information content (AvgIpc) is 3.04. The van der Waals surface area contributed by atoms with Gasteiger partial charge in [-0.3, -0.25) is 4.79 Å². The smallest absolute Gasteiger partial charge is 0.223 e. The first-order chi connectivity index (χ1) is 10.2. The summed E-state index contributed by atoms with van der Waals surface area (Å²) < 4.78 is 0. The van der Waals surface area contributed by atoms with Crippen molar-refractivity contribution < 1.29 is 4.79 Å². The number of halogens is 1. The summed E-state index contributed by atoms with van der Waals surface area (Å²) in [5.74, 6) is 0.990. The molecular formula is C18H29ClN2O. The molecule has 0 spiro atoms. The second kappa shape index (κ2) is 9.86. The lowest BCUT2D eigenvalue weighted by molar-refractivity contribution is -0.134. The molecular weight excluding hydrogens is 296 g/mol. The van der Waals surface area contributed by atoms with E-state index in [-0.39, 0.29) is 12.4 Å². The van der Waals surface area contributed by atoms with Gasteiger partial charge in [0.1, 0.15) is 0 Å². The predicted molar refractivity (Wildman–Crippen MR) is 94.2 cm³/mol. The van der Waals surface area contributed by atoms with E-state index in [4.69, 9.17) is 0 Å². The highest BCUT2D eigenvalue weighted by Gasteiger charge is 2.21. The van der Waals surface area contributed by atoms with Gasteiger partial charge in [0.25, 0.3) is 0 Å². The summed E-state index contributed by atoms with van der Waals surface area (Å²) in [7, 11) is 0. The highest BCUT2D eigenvalue weighted by molar-refractivity contribution is 5.85. The van der Waals surface area contributed by atoms with E-state index in [9.17, 15) is 4.79 Å². The number of carbonyl (C=O) groups excluding carboxylic acids is 1. The Bertz CT molecular complexity index is 432. The number of hydrogen-bond donors (Lipinski definition) is 1. The molecule has 0 saturated carbocycles. The molecule has 1 aliphatic rings. The van der Waals surface area contributed by atoms with Crippen LogP contribution < -0.4 is 5.32 Å². The third kappa shape index (κ3) is 5.62. The molecule has 3 nitrogen and oxygen atoms in total. The van der Waals surface area contributed by atoms with Crippen LogP contribution in [0.15, 0.2) is 30.3 Å². The first kappa shape index (κ1) is 19.0. The molecule has 1 saturated heterocycles. The van der Waals surface area contributed by atoms with Crippen LogP contribution in [-0.2, 0) is 11.3 Å². The van der Waals surface area contributed by atoms with E-state index in [0.29, 0.717) is 24.3 Å². The Morgan fingerprint density at radius 3 is 2.68 bits per heavy atom. The van der Waals surface area contributed by atoms with Crippen molar-refractivity contribution in [2.24, 2.45) is 5.92 Å². The molecule has 1 fully saturated rings. The van der Waals surface area contributed by atoms with Crippen molar-refractivity contribution in [3.05, 3.63) is 35.9 Å². The van der Waals surface area contributed by atoms with Crippen molar-refractivity contribution in [1.82, 2.24) is 10.2 Å². The van der Waals surface area contributed by atoms with Crippen LogP contribution in [0.1, 0.15) is 45.1 Å². The first-order valence-corrected chi connectivity index (χ1v) is 8.24. The Morgan fingerprint density at radius 1 is 1.36 bits per heavy atom. The Morgan fingerprint density at radius 2 is 2.09 bits per heavy atom. The second-order valence-electron chi connectivity index (χ2n) is 6.16. The van der Waals surface area contributed by atoms with Crippen molar-refractivity contribution in [3.8, 4) is 0 Å². The maximum absolute atomic E-state index is 12.6. The highest BCUT2D eigenvalue weighted by Crippen LogP contribution is 2.18. The minimum atomic E-state index is 0. The molecule has 0 aromatic heterocycles. The Labute approximate surface area is 140 Å². The van der Waals surface area contributed by atoms with Crippen LogP contribution >= 0.6 is 12.4 Å². The molecule has 1 aliphatic heterocycles. The monoisotopic (exact) mass is 324 g/mol. The Kier molecular flexibility index (Phi) is 8.51. The number of benzene rings is 1. The van der Waals surface area contributed by atoms with E-state index in [1.165, 1.54) is 12.0 Å². The average molecular weight is 325 g/mol. The van der Waals surface area contributed by atoms with Gasteiger partial charge >= 0.3 is 0 Å². The predicted octanol–water partition coefficient (Wildman–Crippen LogP) is 3.63. The summed E-state index contributed by atoms with van der Waals surface area (Å²) in [5.41, 5.74) is 1.22. The van der Waals surface area contributed by atoms with Gasteiger partial charge in [-0.25, -0.2) is 0 Å². The fourth-order valence-electron chi connectivity index (χ4n) is 2.92. The van der Waals surface area contributed by atoms with Crippen LogP contribution in [0.25, 0.3) is 0 Å². The van der Waals surface area contributed by atoms with E-state index < -0.39 is 0 Å². The summed E-state index contributed by atoms with van der Waals surface area (Å²) in [6.07, 6.45) is 3.93. The van der Waals surface area contributed by atoms with Crippen molar-refractivity contribution in [1.29, 1.82) is 0 Å². The summed E-state index contributed by atoms with van der Waals surface area (Å²) in [4.78, 5) is 14.7. The molecule has 0 radical (unpaired) electrons. The SMILES string of the molecule is CCC(C)N(Cc1ccccc1)C(=O)CCC1CCNC1.Cl. The second-order valence-corrected chi connectivity index (χ2v) is 6.16. The third-order valence-corrected chi connectivity index (χ3v) is 4.57. The van der Waals surface area contributed by atoms with Gasteiger partial charge < -0.3 is 10.2 Å². The van der Waals surface area contributed by atoms with E-state index in [2.05, 4.69) is 36.2 Å². The number of nitrogens with one attached hydrogen (secondary N) is 1. The van der Waals surface area contributed by atoms with E-state index in [1.54, 1.807) is 0 Å². The quantitative estimate of drug-likeness (QED) is 0.830. The molecule has 2 rings (SSSR count). The van der Waals surface area contributed by atoms with Gasteiger partial charge in [-0.05, 0) is 50.8 Å². The molecule has 4 heteroatoms. The maximum atomic E-state index is 12.6.